The van der Waals surface area contributed by atoms with Crippen LogP contribution in [-0.2, 0) is 25.9 Å². The second-order valence-electron chi connectivity index (χ2n) is 6.74. The molecule has 1 aromatic carbocycles. The van der Waals surface area contributed by atoms with Crippen LogP contribution in [0.1, 0.15) is 50.1 Å². The Balaban J connectivity index is 1.84. The molecule has 23 heavy (non-hydrogen) atoms. The van der Waals surface area contributed by atoms with Crippen molar-refractivity contribution >= 4 is 0 Å². The Morgan fingerprint density at radius 2 is 1.65 bits per heavy atom. The lowest BCUT2D eigenvalue weighted by molar-refractivity contribution is 0.0714. The van der Waals surface area contributed by atoms with Gasteiger partial charge in [-0.15, -0.1) is 10.2 Å². The maximum atomic E-state index is 9.79. The second-order valence-corrected chi connectivity index (χ2v) is 6.74. The van der Waals surface area contributed by atoms with Gasteiger partial charge in [0.05, 0.1) is 12.1 Å². The lowest BCUT2D eigenvalue weighted by atomic mass is 9.98. The van der Waals surface area contributed by atoms with E-state index in [0.717, 1.165) is 25.8 Å². The van der Waals surface area contributed by atoms with Crippen LogP contribution >= 0.6 is 0 Å². The summed E-state index contributed by atoms with van der Waals surface area (Å²) in [6, 6.07) is 8.55. The number of nitrogens with zero attached hydrogens (tertiary/aromatic N) is 3. The Hall–Kier alpha value is -1.72. The van der Waals surface area contributed by atoms with Gasteiger partial charge in [0.1, 0.15) is 0 Å². The van der Waals surface area contributed by atoms with Crippen LogP contribution in [0.4, 0.5) is 0 Å². The summed E-state index contributed by atoms with van der Waals surface area (Å²) in [5.41, 5.74) is 1.89. The molecule has 0 bridgehead atoms. The molecule has 5 nitrogen and oxygen atoms in total. The zero-order chi connectivity index (χ0) is 16.9. The molecule has 0 spiro atoms. The standard InChI is InChI=1S/C18H27N3O2/c1-5-16-19-20-17(23-16)13-21(4)12-15-8-6-14(7-9-15)10-11-18(2,3)22/h6-9,22H,5,10-13H2,1-4H3. The Labute approximate surface area is 138 Å². The first-order valence-electron chi connectivity index (χ1n) is 8.15. The van der Waals surface area contributed by atoms with Gasteiger partial charge in [0.2, 0.25) is 11.8 Å². The predicted octanol–water partition coefficient (Wildman–Crippen LogP) is 2.97. The molecule has 2 aromatic rings. The van der Waals surface area contributed by atoms with E-state index in [1.54, 1.807) is 0 Å². The van der Waals surface area contributed by atoms with Gasteiger partial charge in [-0.1, -0.05) is 31.2 Å². The molecule has 0 aliphatic rings. The molecule has 2 rings (SSSR count). The number of aryl methyl sites for hydroxylation is 2. The third kappa shape index (κ3) is 6.12. The fourth-order valence-electron chi connectivity index (χ4n) is 2.36. The molecule has 0 amide bonds. The predicted molar refractivity (Wildman–Crippen MR) is 89.9 cm³/mol. The van der Waals surface area contributed by atoms with E-state index in [9.17, 15) is 5.11 Å². The first-order valence-corrected chi connectivity index (χ1v) is 8.15. The van der Waals surface area contributed by atoms with Crippen LogP contribution in [0.15, 0.2) is 28.7 Å². The van der Waals surface area contributed by atoms with E-state index in [1.165, 1.54) is 11.1 Å². The molecule has 0 aliphatic heterocycles. The number of hydrogen-bond donors (Lipinski definition) is 1. The Bertz CT molecular complexity index is 599. The number of rotatable bonds is 8. The lowest BCUT2D eigenvalue weighted by Gasteiger charge is -2.17. The molecular formula is C18H27N3O2. The number of benzene rings is 1. The van der Waals surface area contributed by atoms with Gasteiger partial charge in [0, 0.05) is 13.0 Å². The van der Waals surface area contributed by atoms with Gasteiger partial charge in [0.15, 0.2) is 0 Å². The summed E-state index contributed by atoms with van der Waals surface area (Å²) >= 11 is 0. The normalized spacial score (nSPS) is 12.1. The van der Waals surface area contributed by atoms with Crippen LogP contribution in [0.3, 0.4) is 0 Å². The Morgan fingerprint density at radius 1 is 1.04 bits per heavy atom. The van der Waals surface area contributed by atoms with Crippen LogP contribution < -0.4 is 0 Å². The highest BCUT2D eigenvalue weighted by Crippen LogP contribution is 2.15. The van der Waals surface area contributed by atoms with Crippen LogP contribution in [0.5, 0.6) is 0 Å². The largest absolute Gasteiger partial charge is 0.424 e. The fourth-order valence-corrected chi connectivity index (χ4v) is 2.36. The van der Waals surface area contributed by atoms with Crippen molar-refractivity contribution in [1.29, 1.82) is 0 Å². The smallest absolute Gasteiger partial charge is 0.230 e. The minimum absolute atomic E-state index is 0.611. The first kappa shape index (κ1) is 17.6. The Morgan fingerprint density at radius 3 is 2.22 bits per heavy atom. The minimum atomic E-state index is -0.611. The van der Waals surface area contributed by atoms with E-state index < -0.39 is 5.60 Å². The topological polar surface area (TPSA) is 62.4 Å². The molecule has 0 fully saturated rings. The van der Waals surface area contributed by atoms with Gasteiger partial charge in [-0.3, -0.25) is 4.90 Å². The maximum Gasteiger partial charge on any atom is 0.230 e. The molecule has 0 saturated carbocycles. The lowest BCUT2D eigenvalue weighted by Crippen LogP contribution is -2.19. The third-order valence-electron chi connectivity index (χ3n) is 3.72. The van der Waals surface area contributed by atoms with E-state index in [-0.39, 0.29) is 0 Å². The quantitative estimate of drug-likeness (QED) is 0.811. The van der Waals surface area contributed by atoms with Gasteiger partial charge in [-0.05, 0) is 44.9 Å². The first-order chi connectivity index (χ1) is 10.9. The zero-order valence-corrected chi connectivity index (χ0v) is 14.5. The molecule has 0 unspecified atom stereocenters. The van der Waals surface area contributed by atoms with Crippen molar-refractivity contribution in [2.24, 2.45) is 0 Å². The van der Waals surface area contributed by atoms with Gasteiger partial charge < -0.3 is 9.52 Å². The molecule has 1 aromatic heterocycles. The average molecular weight is 317 g/mol. The number of hydrogen-bond acceptors (Lipinski definition) is 5. The maximum absolute atomic E-state index is 9.79. The second kappa shape index (κ2) is 7.70. The number of aliphatic hydroxyl groups is 1. The van der Waals surface area contributed by atoms with E-state index in [4.69, 9.17) is 4.42 Å². The zero-order valence-electron chi connectivity index (χ0n) is 14.5. The third-order valence-corrected chi connectivity index (χ3v) is 3.72. The van der Waals surface area contributed by atoms with Gasteiger partial charge in [0.25, 0.3) is 0 Å². The van der Waals surface area contributed by atoms with E-state index in [1.807, 2.05) is 27.8 Å². The van der Waals surface area contributed by atoms with Crippen molar-refractivity contribution in [1.82, 2.24) is 15.1 Å². The molecular weight excluding hydrogens is 290 g/mol. The van der Waals surface area contributed by atoms with Crippen molar-refractivity contribution in [3.05, 3.63) is 47.2 Å². The van der Waals surface area contributed by atoms with Gasteiger partial charge >= 0.3 is 0 Å². The van der Waals surface area contributed by atoms with Crippen molar-refractivity contribution in [2.75, 3.05) is 7.05 Å². The Kier molecular flexibility index (Phi) is 5.91. The molecule has 126 valence electrons. The van der Waals surface area contributed by atoms with Crippen molar-refractivity contribution in [3.63, 3.8) is 0 Å². The van der Waals surface area contributed by atoms with Crippen LogP contribution in [0.2, 0.25) is 0 Å². The fraction of sp³-hybridized carbons (Fsp3) is 0.556. The SMILES string of the molecule is CCc1nnc(CN(C)Cc2ccc(CCC(C)(C)O)cc2)o1. The summed E-state index contributed by atoms with van der Waals surface area (Å²) < 4.78 is 5.54. The summed E-state index contributed by atoms with van der Waals surface area (Å²) in [5.74, 6) is 1.34. The monoisotopic (exact) mass is 317 g/mol. The number of aromatic nitrogens is 2. The highest BCUT2D eigenvalue weighted by Gasteiger charge is 2.12. The highest BCUT2D eigenvalue weighted by molar-refractivity contribution is 5.22. The highest BCUT2D eigenvalue weighted by atomic mass is 16.4. The summed E-state index contributed by atoms with van der Waals surface area (Å²) in [4.78, 5) is 2.15. The van der Waals surface area contributed by atoms with Crippen LogP contribution in [-0.4, -0.2) is 32.9 Å². The van der Waals surface area contributed by atoms with Crippen molar-refractivity contribution < 1.29 is 9.52 Å². The van der Waals surface area contributed by atoms with Crippen LogP contribution in [0.25, 0.3) is 0 Å². The summed E-state index contributed by atoms with van der Waals surface area (Å²) in [7, 11) is 2.04. The van der Waals surface area contributed by atoms with Gasteiger partial charge in [-0.2, -0.15) is 0 Å². The van der Waals surface area contributed by atoms with Crippen LogP contribution in [0, 0.1) is 0 Å². The summed E-state index contributed by atoms with van der Waals surface area (Å²) in [6.07, 6.45) is 2.42. The molecule has 0 radical (unpaired) electrons. The van der Waals surface area contributed by atoms with Crippen molar-refractivity contribution in [3.8, 4) is 0 Å². The van der Waals surface area contributed by atoms with Crippen molar-refractivity contribution in [2.45, 2.75) is 58.7 Å². The molecule has 1 N–H and O–H groups in total. The van der Waals surface area contributed by atoms with E-state index in [2.05, 4.69) is 39.4 Å². The summed E-state index contributed by atoms with van der Waals surface area (Å²) in [6.45, 7) is 7.17. The molecule has 0 saturated heterocycles. The summed E-state index contributed by atoms with van der Waals surface area (Å²) in [5, 5.41) is 17.8. The van der Waals surface area contributed by atoms with Gasteiger partial charge in [-0.25, -0.2) is 0 Å². The minimum Gasteiger partial charge on any atom is -0.424 e. The van der Waals surface area contributed by atoms with E-state index >= 15 is 0 Å². The average Bonchev–Trinajstić information content (AvgIpc) is 2.93. The molecule has 0 atom stereocenters. The van der Waals surface area contributed by atoms with E-state index in [0.29, 0.717) is 18.3 Å². The molecule has 5 heteroatoms. The molecule has 1 heterocycles. The molecule has 0 aliphatic carbocycles.